The Bertz CT molecular complexity index is 496. The zero-order valence-electron chi connectivity index (χ0n) is 11.6. The first kappa shape index (κ1) is 13.9. The van der Waals surface area contributed by atoms with Crippen LogP contribution < -0.4 is 5.73 Å². The van der Waals surface area contributed by atoms with Crippen molar-refractivity contribution in [3.63, 3.8) is 0 Å². The lowest BCUT2D eigenvalue weighted by Gasteiger charge is -2.45. The van der Waals surface area contributed by atoms with Crippen molar-refractivity contribution in [2.45, 2.75) is 31.1 Å². The summed E-state index contributed by atoms with van der Waals surface area (Å²) in [7, 11) is 0. The molecule has 1 atom stereocenters. The Morgan fingerprint density at radius 2 is 2.00 bits per heavy atom. The van der Waals surface area contributed by atoms with Gasteiger partial charge in [0.2, 0.25) is 5.91 Å². The second-order valence-corrected chi connectivity index (χ2v) is 6.66. The molecule has 1 aliphatic carbocycles. The fourth-order valence-corrected chi connectivity index (χ4v) is 3.60. The summed E-state index contributed by atoms with van der Waals surface area (Å²) >= 11 is 5.98. The first-order valence-electron chi connectivity index (χ1n) is 7.37. The number of rotatable bonds is 4. The molecule has 0 spiro atoms. The third kappa shape index (κ3) is 2.45. The zero-order valence-corrected chi connectivity index (χ0v) is 12.4. The van der Waals surface area contributed by atoms with Gasteiger partial charge in [0.25, 0.3) is 0 Å². The molecule has 2 fully saturated rings. The maximum absolute atomic E-state index is 12.1. The molecule has 1 aliphatic heterocycles. The normalized spacial score (nSPS) is 24.8. The lowest BCUT2D eigenvalue weighted by molar-refractivity contribution is -0.129. The minimum atomic E-state index is 0.143. The summed E-state index contributed by atoms with van der Waals surface area (Å²) < 4.78 is 0. The Morgan fingerprint density at radius 3 is 2.50 bits per heavy atom. The van der Waals surface area contributed by atoms with Crippen LogP contribution >= 0.6 is 11.6 Å². The van der Waals surface area contributed by atoms with E-state index in [1.165, 1.54) is 12.0 Å². The SMILES string of the molecule is NCC1CC(=O)N(CC2(c3ccc(Cl)cc3)CCC2)C1. The van der Waals surface area contributed by atoms with E-state index in [0.29, 0.717) is 18.9 Å². The zero-order chi connectivity index (χ0) is 14.2. The number of carbonyl (C=O) groups excluding carboxylic acids is 1. The molecule has 0 radical (unpaired) electrons. The van der Waals surface area contributed by atoms with Crippen LogP contribution in [0.4, 0.5) is 0 Å². The van der Waals surface area contributed by atoms with Crippen LogP contribution in [-0.2, 0) is 10.2 Å². The van der Waals surface area contributed by atoms with E-state index in [-0.39, 0.29) is 11.3 Å². The second kappa shape index (κ2) is 5.38. The highest BCUT2D eigenvalue weighted by atomic mass is 35.5. The fraction of sp³-hybridized carbons (Fsp3) is 0.562. The van der Waals surface area contributed by atoms with Crippen LogP contribution in [0.3, 0.4) is 0 Å². The summed E-state index contributed by atoms with van der Waals surface area (Å²) in [6.07, 6.45) is 4.18. The Hall–Kier alpha value is -1.06. The highest BCUT2D eigenvalue weighted by Gasteiger charge is 2.42. The minimum Gasteiger partial charge on any atom is -0.341 e. The summed E-state index contributed by atoms with van der Waals surface area (Å²) in [6, 6.07) is 8.13. The third-order valence-electron chi connectivity index (χ3n) is 4.89. The second-order valence-electron chi connectivity index (χ2n) is 6.22. The average molecular weight is 293 g/mol. The number of amides is 1. The summed E-state index contributed by atoms with van der Waals surface area (Å²) in [5, 5.41) is 0.767. The van der Waals surface area contributed by atoms with Gasteiger partial charge in [0.05, 0.1) is 0 Å². The highest BCUT2D eigenvalue weighted by molar-refractivity contribution is 6.30. The number of hydrogen-bond donors (Lipinski definition) is 1. The number of nitrogens with two attached hydrogens (primary N) is 1. The summed E-state index contributed by atoms with van der Waals surface area (Å²) in [5.74, 6) is 0.602. The summed E-state index contributed by atoms with van der Waals surface area (Å²) in [4.78, 5) is 14.1. The molecule has 1 heterocycles. The fourth-order valence-electron chi connectivity index (χ4n) is 3.48. The number of carbonyl (C=O) groups is 1. The molecule has 20 heavy (non-hydrogen) atoms. The first-order chi connectivity index (χ1) is 9.63. The van der Waals surface area contributed by atoms with Gasteiger partial charge >= 0.3 is 0 Å². The van der Waals surface area contributed by atoms with E-state index in [0.717, 1.165) is 31.0 Å². The van der Waals surface area contributed by atoms with E-state index in [1.807, 2.05) is 17.0 Å². The van der Waals surface area contributed by atoms with Gasteiger partial charge in [-0.25, -0.2) is 0 Å². The largest absolute Gasteiger partial charge is 0.341 e. The molecule has 2 N–H and O–H groups in total. The van der Waals surface area contributed by atoms with Gasteiger partial charge in [0.1, 0.15) is 0 Å². The van der Waals surface area contributed by atoms with Crippen molar-refractivity contribution < 1.29 is 4.79 Å². The molecular formula is C16H21ClN2O. The van der Waals surface area contributed by atoms with Crippen LogP contribution in [0.1, 0.15) is 31.2 Å². The smallest absolute Gasteiger partial charge is 0.223 e. The highest BCUT2D eigenvalue weighted by Crippen LogP contribution is 2.45. The van der Waals surface area contributed by atoms with Gasteiger partial charge in [-0.1, -0.05) is 30.2 Å². The van der Waals surface area contributed by atoms with E-state index in [1.54, 1.807) is 0 Å². The van der Waals surface area contributed by atoms with Crippen molar-refractivity contribution in [2.24, 2.45) is 11.7 Å². The molecule has 0 bridgehead atoms. The van der Waals surface area contributed by atoms with Gasteiger partial charge in [-0.15, -0.1) is 0 Å². The molecule has 108 valence electrons. The average Bonchev–Trinajstić information content (AvgIpc) is 2.76. The van der Waals surface area contributed by atoms with E-state index in [9.17, 15) is 4.79 Å². The van der Waals surface area contributed by atoms with Gasteiger partial charge in [-0.3, -0.25) is 4.79 Å². The van der Waals surface area contributed by atoms with Gasteiger partial charge in [-0.2, -0.15) is 0 Å². The maximum Gasteiger partial charge on any atom is 0.223 e. The lowest BCUT2D eigenvalue weighted by atomic mass is 9.64. The van der Waals surface area contributed by atoms with Crippen LogP contribution in [0.2, 0.25) is 5.02 Å². The number of hydrogen-bond acceptors (Lipinski definition) is 2. The van der Waals surface area contributed by atoms with E-state index >= 15 is 0 Å². The quantitative estimate of drug-likeness (QED) is 0.927. The Morgan fingerprint density at radius 1 is 1.30 bits per heavy atom. The van der Waals surface area contributed by atoms with Crippen molar-refractivity contribution in [2.75, 3.05) is 19.6 Å². The van der Waals surface area contributed by atoms with Crippen molar-refractivity contribution in [1.29, 1.82) is 0 Å². The topological polar surface area (TPSA) is 46.3 Å². The number of halogens is 1. The molecule has 1 aromatic carbocycles. The molecule has 2 aliphatic rings. The maximum atomic E-state index is 12.1. The monoisotopic (exact) mass is 292 g/mol. The third-order valence-corrected chi connectivity index (χ3v) is 5.14. The van der Waals surface area contributed by atoms with Crippen LogP contribution in [0.25, 0.3) is 0 Å². The van der Waals surface area contributed by atoms with Crippen molar-refractivity contribution >= 4 is 17.5 Å². The molecule has 1 saturated heterocycles. The van der Waals surface area contributed by atoms with Crippen molar-refractivity contribution in [1.82, 2.24) is 4.90 Å². The number of likely N-dealkylation sites (tertiary alicyclic amines) is 1. The standard InChI is InChI=1S/C16H21ClN2O/c17-14-4-2-13(3-5-14)16(6-1-7-16)11-19-10-12(9-18)8-15(19)20/h2-5,12H,1,6-11,18H2. The summed E-state index contributed by atoms with van der Waals surface area (Å²) in [5.41, 5.74) is 7.16. The molecule has 1 unspecified atom stereocenters. The van der Waals surface area contributed by atoms with E-state index in [2.05, 4.69) is 12.1 Å². The Kier molecular flexibility index (Phi) is 3.74. The minimum absolute atomic E-state index is 0.143. The molecular weight excluding hydrogens is 272 g/mol. The van der Waals surface area contributed by atoms with E-state index in [4.69, 9.17) is 17.3 Å². The molecule has 1 amide bonds. The first-order valence-corrected chi connectivity index (χ1v) is 7.75. The number of benzene rings is 1. The van der Waals surface area contributed by atoms with Gasteiger partial charge in [0, 0.05) is 29.9 Å². The van der Waals surface area contributed by atoms with Gasteiger partial charge in [-0.05, 0) is 43.0 Å². The van der Waals surface area contributed by atoms with Gasteiger partial charge < -0.3 is 10.6 Å². The number of nitrogens with zero attached hydrogens (tertiary/aromatic N) is 1. The van der Waals surface area contributed by atoms with Crippen molar-refractivity contribution in [3.05, 3.63) is 34.9 Å². The lowest BCUT2D eigenvalue weighted by Crippen LogP contribution is -2.46. The Labute approximate surface area is 125 Å². The molecule has 3 rings (SSSR count). The van der Waals surface area contributed by atoms with Crippen LogP contribution in [-0.4, -0.2) is 30.4 Å². The Balaban J connectivity index is 1.77. The van der Waals surface area contributed by atoms with Crippen LogP contribution in [0.15, 0.2) is 24.3 Å². The van der Waals surface area contributed by atoms with E-state index < -0.39 is 0 Å². The molecule has 0 aromatic heterocycles. The van der Waals surface area contributed by atoms with Crippen LogP contribution in [0.5, 0.6) is 0 Å². The predicted octanol–water partition coefficient (Wildman–Crippen LogP) is 2.57. The predicted molar refractivity (Wildman–Crippen MR) is 80.7 cm³/mol. The molecule has 3 nitrogen and oxygen atoms in total. The summed E-state index contributed by atoms with van der Waals surface area (Å²) in [6.45, 7) is 2.27. The molecule has 1 saturated carbocycles. The van der Waals surface area contributed by atoms with Crippen LogP contribution in [0, 0.1) is 5.92 Å². The van der Waals surface area contributed by atoms with Crippen molar-refractivity contribution in [3.8, 4) is 0 Å². The molecule has 1 aromatic rings. The van der Waals surface area contributed by atoms with Gasteiger partial charge in [0.15, 0.2) is 0 Å². The molecule has 4 heteroatoms.